The smallest absolute Gasteiger partial charge is 0.161 e. The van der Waals surface area contributed by atoms with Gasteiger partial charge in [-0.05, 0) is 56.8 Å². The van der Waals surface area contributed by atoms with Gasteiger partial charge in [0.15, 0.2) is 5.82 Å². The molecule has 140 valence electrons. The molecule has 1 N–H and O–H groups in total. The lowest BCUT2D eigenvalue weighted by atomic mass is 10.1. The first kappa shape index (κ1) is 19.3. The number of anilines is 2. The first-order valence-corrected chi connectivity index (χ1v) is 9.56. The molecule has 0 radical (unpaired) electrons. The number of aromatic nitrogens is 2. The molecule has 1 heterocycles. The van der Waals surface area contributed by atoms with Crippen molar-refractivity contribution in [1.29, 1.82) is 0 Å². The van der Waals surface area contributed by atoms with Crippen LogP contribution in [-0.4, -0.2) is 35.5 Å². The standard InChI is InChI=1S/C22H25ClN4/c1-4-19-15-21(26-22(25-19)17-6-5-7-18(23)14-17)24-20-10-8-16(9-11-20)12-13-27(2)3/h5-11,14-15H,4,12-13H2,1-3H3,(H,24,25,26). The van der Waals surface area contributed by atoms with E-state index in [9.17, 15) is 0 Å². The van der Waals surface area contributed by atoms with E-state index in [1.165, 1.54) is 5.56 Å². The quantitative estimate of drug-likeness (QED) is 0.611. The van der Waals surface area contributed by atoms with Crippen LogP contribution in [0.3, 0.4) is 0 Å². The van der Waals surface area contributed by atoms with Gasteiger partial charge in [-0.1, -0.05) is 42.8 Å². The number of nitrogens with zero attached hydrogens (tertiary/aromatic N) is 3. The number of benzene rings is 2. The summed E-state index contributed by atoms with van der Waals surface area (Å²) < 4.78 is 0. The van der Waals surface area contributed by atoms with Crippen molar-refractivity contribution in [2.75, 3.05) is 26.0 Å². The Morgan fingerprint density at radius 1 is 1.00 bits per heavy atom. The number of rotatable bonds is 7. The minimum atomic E-state index is 0.681. The summed E-state index contributed by atoms with van der Waals surface area (Å²) >= 11 is 6.12. The molecule has 3 rings (SSSR count). The topological polar surface area (TPSA) is 41.0 Å². The highest BCUT2D eigenvalue weighted by Gasteiger charge is 2.07. The molecule has 0 fully saturated rings. The highest BCUT2D eigenvalue weighted by Crippen LogP contribution is 2.23. The molecule has 4 nitrogen and oxygen atoms in total. The van der Waals surface area contributed by atoms with Crippen LogP contribution in [-0.2, 0) is 12.8 Å². The van der Waals surface area contributed by atoms with Gasteiger partial charge in [-0.2, -0.15) is 0 Å². The molecule has 0 spiro atoms. The Bertz CT molecular complexity index is 891. The van der Waals surface area contributed by atoms with Crippen LogP contribution in [0.1, 0.15) is 18.2 Å². The van der Waals surface area contributed by atoms with Crippen LogP contribution in [0.5, 0.6) is 0 Å². The molecule has 0 unspecified atom stereocenters. The minimum absolute atomic E-state index is 0.681. The summed E-state index contributed by atoms with van der Waals surface area (Å²) in [6.07, 6.45) is 1.88. The van der Waals surface area contributed by atoms with Crippen LogP contribution >= 0.6 is 11.6 Å². The number of hydrogen-bond donors (Lipinski definition) is 1. The molecule has 0 saturated heterocycles. The van der Waals surface area contributed by atoms with Gasteiger partial charge in [0, 0.05) is 34.6 Å². The zero-order chi connectivity index (χ0) is 19.2. The lowest BCUT2D eigenvalue weighted by Gasteiger charge is -2.12. The zero-order valence-electron chi connectivity index (χ0n) is 16.0. The summed E-state index contributed by atoms with van der Waals surface area (Å²) in [7, 11) is 4.18. The van der Waals surface area contributed by atoms with Crippen LogP contribution in [0, 0.1) is 0 Å². The van der Waals surface area contributed by atoms with Gasteiger partial charge in [-0.15, -0.1) is 0 Å². The van der Waals surface area contributed by atoms with Crippen molar-refractivity contribution < 1.29 is 0 Å². The van der Waals surface area contributed by atoms with Gasteiger partial charge >= 0.3 is 0 Å². The first-order chi connectivity index (χ1) is 13.0. The molecule has 3 aromatic rings. The fourth-order valence-electron chi connectivity index (χ4n) is 2.75. The summed E-state index contributed by atoms with van der Waals surface area (Å²) in [4.78, 5) is 11.5. The molecular formula is C22H25ClN4. The average molecular weight is 381 g/mol. The van der Waals surface area contributed by atoms with Gasteiger partial charge in [-0.3, -0.25) is 0 Å². The van der Waals surface area contributed by atoms with Crippen molar-refractivity contribution in [2.24, 2.45) is 0 Å². The van der Waals surface area contributed by atoms with Gasteiger partial charge in [0.1, 0.15) is 5.82 Å². The molecule has 0 bridgehead atoms. The highest BCUT2D eigenvalue weighted by molar-refractivity contribution is 6.30. The number of likely N-dealkylation sites (N-methyl/N-ethyl adjacent to an activating group) is 1. The van der Waals surface area contributed by atoms with E-state index < -0.39 is 0 Å². The minimum Gasteiger partial charge on any atom is -0.340 e. The monoisotopic (exact) mass is 380 g/mol. The normalized spacial score (nSPS) is 11.0. The maximum absolute atomic E-state index is 6.12. The van der Waals surface area contributed by atoms with Crippen molar-refractivity contribution >= 4 is 23.1 Å². The van der Waals surface area contributed by atoms with Gasteiger partial charge in [0.05, 0.1) is 0 Å². The Morgan fingerprint density at radius 2 is 1.78 bits per heavy atom. The summed E-state index contributed by atoms with van der Waals surface area (Å²) in [5.74, 6) is 1.47. The summed E-state index contributed by atoms with van der Waals surface area (Å²) in [6, 6.07) is 18.1. The second-order valence-corrected chi connectivity index (χ2v) is 7.24. The van der Waals surface area contributed by atoms with Crippen molar-refractivity contribution in [3.05, 3.63) is 70.9 Å². The Hall–Kier alpha value is -2.43. The Balaban J connectivity index is 1.81. The van der Waals surface area contributed by atoms with E-state index in [0.29, 0.717) is 10.8 Å². The van der Waals surface area contributed by atoms with Crippen LogP contribution in [0.15, 0.2) is 54.6 Å². The predicted molar refractivity (Wildman–Crippen MR) is 114 cm³/mol. The number of nitrogens with one attached hydrogen (secondary N) is 1. The molecule has 0 saturated carbocycles. The highest BCUT2D eigenvalue weighted by atomic mass is 35.5. The number of hydrogen-bond acceptors (Lipinski definition) is 4. The SMILES string of the molecule is CCc1cc(Nc2ccc(CCN(C)C)cc2)nc(-c2cccc(Cl)c2)n1. The second-order valence-electron chi connectivity index (χ2n) is 6.81. The van der Waals surface area contributed by atoms with Gasteiger partial charge in [0.2, 0.25) is 0 Å². The molecular weight excluding hydrogens is 356 g/mol. The second kappa shape index (κ2) is 8.98. The van der Waals surface area contributed by atoms with Gasteiger partial charge in [0.25, 0.3) is 0 Å². The van der Waals surface area contributed by atoms with Crippen LogP contribution < -0.4 is 5.32 Å². The average Bonchev–Trinajstić information content (AvgIpc) is 2.67. The third kappa shape index (κ3) is 5.52. The van der Waals surface area contributed by atoms with Gasteiger partial charge in [-0.25, -0.2) is 9.97 Å². The number of aryl methyl sites for hydroxylation is 1. The molecule has 5 heteroatoms. The Morgan fingerprint density at radius 3 is 2.44 bits per heavy atom. The van der Waals surface area contributed by atoms with E-state index >= 15 is 0 Å². The third-order valence-electron chi connectivity index (χ3n) is 4.30. The zero-order valence-corrected chi connectivity index (χ0v) is 16.8. The van der Waals surface area contributed by atoms with E-state index in [0.717, 1.165) is 42.1 Å². The lowest BCUT2D eigenvalue weighted by molar-refractivity contribution is 0.413. The molecule has 0 atom stereocenters. The van der Waals surface area contributed by atoms with Gasteiger partial charge < -0.3 is 10.2 Å². The largest absolute Gasteiger partial charge is 0.340 e. The van der Waals surface area contributed by atoms with Crippen molar-refractivity contribution in [3.63, 3.8) is 0 Å². The third-order valence-corrected chi connectivity index (χ3v) is 4.53. The fourth-order valence-corrected chi connectivity index (χ4v) is 2.94. The van der Waals surface area contributed by atoms with E-state index in [4.69, 9.17) is 11.6 Å². The van der Waals surface area contributed by atoms with Crippen molar-refractivity contribution in [3.8, 4) is 11.4 Å². The fraction of sp³-hybridized carbons (Fsp3) is 0.273. The van der Waals surface area contributed by atoms with Crippen LogP contribution in [0.25, 0.3) is 11.4 Å². The molecule has 0 aliphatic carbocycles. The van der Waals surface area contributed by atoms with E-state index in [2.05, 4.69) is 65.5 Å². The molecule has 0 aliphatic heterocycles. The van der Waals surface area contributed by atoms with E-state index in [-0.39, 0.29) is 0 Å². The van der Waals surface area contributed by atoms with Crippen LogP contribution in [0.2, 0.25) is 5.02 Å². The summed E-state index contributed by atoms with van der Waals surface area (Å²) in [6.45, 7) is 3.13. The maximum atomic E-state index is 6.12. The summed E-state index contributed by atoms with van der Waals surface area (Å²) in [5.41, 5.74) is 4.25. The van der Waals surface area contributed by atoms with Crippen molar-refractivity contribution in [2.45, 2.75) is 19.8 Å². The molecule has 1 aromatic heterocycles. The van der Waals surface area contributed by atoms with E-state index in [1.807, 2.05) is 30.3 Å². The Labute approximate surface area is 166 Å². The summed E-state index contributed by atoms with van der Waals surface area (Å²) in [5, 5.41) is 4.08. The molecule has 0 amide bonds. The predicted octanol–water partition coefficient (Wildman–Crippen LogP) is 5.21. The Kier molecular flexibility index (Phi) is 6.43. The van der Waals surface area contributed by atoms with Crippen molar-refractivity contribution in [1.82, 2.24) is 14.9 Å². The van der Waals surface area contributed by atoms with Crippen LogP contribution in [0.4, 0.5) is 11.5 Å². The van der Waals surface area contributed by atoms with E-state index in [1.54, 1.807) is 0 Å². The maximum Gasteiger partial charge on any atom is 0.161 e. The first-order valence-electron chi connectivity index (χ1n) is 9.18. The molecule has 2 aromatic carbocycles. The molecule has 27 heavy (non-hydrogen) atoms. The lowest BCUT2D eigenvalue weighted by Crippen LogP contribution is -2.14. The number of halogens is 1. The molecule has 0 aliphatic rings.